The van der Waals surface area contributed by atoms with Crippen LogP contribution in [0.1, 0.15) is 89.2 Å². The molecule has 0 aliphatic carbocycles. The molecule has 0 fully saturated rings. The van der Waals surface area contributed by atoms with Crippen LogP contribution in [0.2, 0.25) is 0 Å². The number of carbonyl (C=O) groups is 13. The summed E-state index contributed by atoms with van der Waals surface area (Å²) in [6, 6.07) is -6.45. The number of carboxylic acids is 2. The first-order chi connectivity index (χ1) is 42.4. The lowest BCUT2D eigenvalue weighted by Gasteiger charge is -2.28. The van der Waals surface area contributed by atoms with Crippen molar-refractivity contribution in [3.63, 3.8) is 0 Å². The molecule has 2 aromatic rings. The number of aliphatic hydroxyl groups is 2. The number of nitrogens with one attached hydrogen (secondary N) is 9. The first-order valence-corrected chi connectivity index (χ1v) is 28.4. The van der Waals surface area contributed by atoms with Gasteiger partial charge in [-0.2, -0.15) is 0 Å². The topological polar surface area (TPSA) is 620 Å². The molecular weight excluding hydrogens is 1190 g/mol. The van der Waals surface area contributed by atoms with Crippen LogP contribution in [0, 0.1) is 5.92 Å². The summed E-state index contributed by atoms with van der Waals surface area (Å²) in [5.74, 6) is -16.6. The number of benzene rings is 2. The highest BCUT2D eigenvalue weighted by atomic mass is 16.4. The number of carbonyl (C=O) groups excluding carboxylic acids is 11. The predicted molar refractivity (Wildman–Crippen MR) is 318 cm³/mol. The maximum atomic E-state index is 14.7. The summed E-state index contributed by atoms with van der Waals surface area (Å²) in [6.45, 7) is 0.827. The van der Waals surface area contributed by atoms with E-state index in [1.165, 1.54) is 62.4 Å². The zero-order chi connectivity index (χ0) is 67.8. The Bertz CT molecular complexity index is 2820. The molecule has 10 atom stereocenters. The number of primary amides is 2. The Kier molecular flexibility index (Phi) is 33.3. The number of carboxylic acid groups (broad SMARTS) is 2. The zero-order valence-electron chi connectivity index (χ0n) is 49.7. The van der Waals surface area contributed by atoms with E-state index in [1.54, 1.807) is 0 Å². The molecule has 0 unspecified atom stereocenters. The smallest absolute Gasteiger partial charge is 0.326 e. The van der Waals surface area contributed by atoms with Gasteiger partial charge in [0.1, 0.15) is 65.9 Å². The molecule has 0 saturated heterocycles. The van der Waals surface area contributed by atoms with Gasteiger partial charge in [-0.15, -0.1) is 0 Å². The third-order valence-electron chi connectivity index (χ3n) is 13.4. The largest absolute Gasteiger partial charge is 0.508 e. The Morgan fingerprint density at radius 3 is 1.22 bits per heavy atom. The predicted octanol–water partition coefficient (Wildman–Crippen LogP) is -7.51. The first-order valence-electron chi connectivity index (χ1n) is 28.4. The van der Waals surface area contributed by atoms with Crippen molar-refractivity contribution in [1.29, 1.82) is 0 Å². The second kappa shape index (κ2) is 39.2. The van der Waals surface area contributed by atoms with Gasteiger partial charge in [-0.1, -0.05) is 44.5 Å². The van der Waals surface area contributed by atoms with E-state index in [-0.39, 0.29) is 54.4 Å². The van der Waals surface area contributed by atoms with Crippen LogP contribution in [0.15, 0.2) is 53.5 Å². The molecule has 0 heterocycles. The van der Waals surface area contributed by atoms with Crippen LogP contribution in [0.4, 0.5) is 0 Å². The molecule has 2 aromatic carbocycles. The molecular formula is C55H84N16O19. The second-order valence-electron chi connectivity index (χ2n) is 21.1. The van der Waals surface area contributed by atoms with E-state index in [0.29, 0.717) is 19.4 Å². The van der Waals surface area contributed by atoms with Crippen LogP contribution in [0.3, 0.4) is 0 Å². The number of aromatic hydroxyl groups is 2. The highest BCUT2D eigenvalue weighted by Gasteiger charge is 2.37. The second-order valence-corrected chi connectivity index (χ2v) is 21.1. The molecule has 27 N–H and O–H groups in total. The SMILES string of the molecule is CC(C)[C@H](NC(=O)[C@H](CCC(=O)O)NC(=O)[C@H](CO)NC(=O)[C@H](Cc1ccc(O)cc1)NC(=O)[C@H](Cc1ccc(O)cc1)NC(=O)[C@H](CCC(N)=O)NC(=O)[C@H](CCCN=C(N)N)NC(=O)[C@H](CO)NC(=O)[C@H](CC(N)=O)NC(=O)[C@@H](N)CCCCN)C(=O)O. The van der Waals surface area contributed by atoms with Gasteiger partial charge in [0.15, 0.2) is 5.96 Å². The van der Waals surface area contributed by atoms with Crippen molar-refractivity contribution >= 4 is 82.9 Å². The van der Waals surface area contributed by atoms with E-state index < -0.39 is 201 Å². The summed E-state index contributed by atoms with van der Waals surface area (Å²) in [4.78, 5) is 176. The monoisotopic (exact) mass is 1270 g/mol. The van der Waals surface area contributed by atoms with E-state index in [4.69, 9.17) is 34.4 Å². The molecule has 0 radical (unpaired) electrons. The standard InChI is InChI=1S/C55H84N16O19/c1-27(2)44(54(89)90)71-48(83)35(17-19-43(78)79)65-53(88)40(26-73)69-50(85)37(23-29-10-14-31(75)15-11-29)68-49(84)36(22-28-8-12-30(74)13-9-28)67-47(82)34(16-18-41(58)76)64-46(81)33(7-5-21-62-55(60)61)63-52(87)39(25-72)70-51(86)38(24-42(59)77)66-45(80)32(57)6-3-4-20-56/h8-15,27,32-40,44,72-75H,3-7,16-26,56-57H2,1-2H3,(H2,58,76)(H2,59,77)(H,63,87)(H,64,81)(H,65,88)(H,66,80)(H,67,82)(H,68,84)(H,69,85)(H,70,86)(H,71,83)(H,78,79)(H,89,90)(H4,60,61,62)/t32-,33-,34-,35-,36-,37-,38-,39-,40-,44-/m0/s1. The van der Waals surface area contributed by atoms with Crippen LogP contribution in [0.5, 0.6) is 11.5 Å². The van der Waals surface area contributed by atoms with Gasteiger partial charge < -0.3 is 113 Å². The van der Waals surface area contributed by atoms with E-state index in [2.05, 4.69) is 52.8 Å². The van der Waals surface area contributed by atoms with Crippen molar-refractivity contribution in [2.45, 2.75) is 151 Å². The lowest BCUT2D eigenvalue weighted by atomic mass is 10.0. The Hall–Kier alpha value is -9.74. The molecule has 0 bridgehead atoms. The number of guanidine groups is 1. The molecule has 498 valence electrons. The van der Waals surface area contributed by atoms with Crippen LogP contribution in [0.25, 0.3) is 0 Å². The number of nitrogens with two attached hydrogens (primary N) is 6. The first kappa shape index (κ1) is 76.4. The van der Waals surface area contributed by atoms with Crippen LogP contribution < -0.4 is 82.3 Å². The number of aliphatic carboxylic acids is 2. The maximum Gasteiger partial charge on any atom is 0.326 e. The van der Waals surface area contributed by atoms with E-state index in [0.717, 1.165) is 0 Å². The van der Waals surface area contributed by atoms with Crippen molar-refractivity contribution in [1.82, 2.24) is 47.9 Å². The summed E-state index contributed by atoms with van der Waals surface area (Å²) < 4.78 is 0. The molecule has 2 rings (SSSR count). The molecule has 0 spiro atoms. The lowest BCUT2D eigenvalue weighted by molar-refractivity contribution is -0.144. The number of aliphatic hydroxyl groups excluding tert-OH is 2. The quantitative estimate of drug-likeness (QED) is 0.0167. The number of unbranched alkanes of at least 4 members (excludes halogenated alkanes) is 1. The summed E-state index contributed by atoms with van der Waals surface area (Å²) >= 11 is 0. The van der Waals surface area contributed by atoms with Crippen molar-refractivity contribution in [2.24, 2.45) is 45.3 Å². The third kappa shape index (κ3) is 28.4. The Balaban J connectivity index is 2.61. The van der Waals surface area contributed by atoms with Gasteiger partial charge in [0.25, 0.3) is 0 Å². The van der Waals surface area contributed by atoms with Gasteiger partial charge in [0, 0.05) is 32.2 Å². The van der Waals surface area contributed by atoms with E-state index in [9.17, 15) is 93.0 Å². The zero-order valence-corrected chi connectivity index (χ0v) is 49.7. The number of rotatable bonds is 42. The summed E-state index contributed by atoms with van der Waals surface area (Å²) in [5.41, 5.74) is 33.7. The van der Waals surface area contributed by atoms with Crippen molar-refractivity contribution in [3.05, 3.63) is 59.7 Å². The van der Waals surface area contributed by atoms with Gasteiger partial charge >= 0.3 is 11.9 Å². The average Bonchev–Trinajstić information content (AvgIpc) is 3.45. The molecule has 0 saturated carbocycles. The molecule has 0 aliphatic heterocycles. The molecule has 11 amide bonds. The number of phenolic OH excluding ortho intramolecular Hbond substituents is 2. The minimum absolute atomic E-state index is 0.0573. The third-order valence-corrected chi connectivity index (χ3v) is 13.4. The Labute approximate surface area is 516 Å². The molecule has 90 heavy (non-hydrogen) atoms. The highest BCUT2D eigenvalue weighted by molar-refractivity contribution is 5.99. The molecule has 35 nitrogen and oxygen atoms in total. The summed E-state index contributed by atoms with van der Waals surface area (Å²) in [7, 11) is 0. The number of phenols is 2. The van der Waals surface area contributed by atoms with Crippen LogP contribution in [-0.4, -0.2) is 200 Å². The number of hydrogen-bond acceptors (Lipinski definition) is 20. The summed E-state index contributed by atoms with van der Waals surface area (Å²) in [5, 5.41) is 80.6. The molecule has 0 aliphatic rings. The number of hydrogen-bond donors (Lipinski definition) is 21. The fraction of sp³-hybridized carbons (Fsp3) is 0.527. The number of aliphatic imine (C=N–C) groups is 1. The van der Waals surface area contributed by atoms with Crippen molar-refractivity contribution < 1.29 is 93.0 Å². The highest BCUT2D eigenvalue weighted by Crippen LogP contribution is 2.16. The van der Waals surface area contributed by atoms with Crippen molar-refractivity contribution in [3.8, 4) is 11.5 Å². The van der Waals surface area contributed by atoms with Crippen molar-refractivity contribution in [2.75, 3.05) is 26.3 Å². The van der Waals surface area contributed by atoms with E-state index >= 15 is 0 Å². The Morgan fingerprint density at radius 2 is 0.833 bits per heavy atom. The van der Waals surface area contributed by atoms with Gasteiger partial charge in [-0.3, -0.25) is 62.5 Å². The summed E-state index contributed by atoms with van der Waals surface area (Å²) in [6.07, 6.45) is -3.34. The van der Waals surface area contributed by atoms with Crippen LogP contribution >= 0.6 is 0 Å². The van der Waals surface area contributed by atoms with Crippen LogP contribution in [-0.2, 0) is 75.2 Å². The van der Waals surface area contributed by atoms with E-state index in [1.807, 2.05) is 0 Å². The number of nitrogens with zero attached hydrogens (tertiary/aromatic N) is 1. The van der Waals surface area contributed by atoms with Gasteiger partial charge in [0.2, 0.25) is 65.0 Å². The lowest BCUT2D eigenvalue weighted by Crippen LogP contribution is -2.61. The Morgan fingerprint density at radius 1 is 0.456 bits per heavy atom. The fourth-order valence-electron chi connectivity index (χ4n) is 8.41. The fourth-order valence-corrected chi connectivity index (χ4v) is 8.41. The van der Waals surface area contributed by atoms with Gasteiger partial charge in [-0.05, 0) is 86.4 Å². The average molecular weight is 1270 g/mol. The normalized spacial score (nSPS) is 14.3. The molecule has 0 aromatic heterocycles. The number of amides is 11. The maximum absolute atomic E-state index is 14.7. The molecule has 35 heteroatoms. The minimum Gasteiger partial charge on any atom is -0.508 e. The van der Waals surface area contributed by atoms with Gasteiger partial charge in [-0.25, -0.2) is 4.79 Å². The van der Waals surface area contributed by atoms with Gasteiger partial charge in [0.05, 0.1) is 25.7 Å². The minimum atomic E-state index is -1.94.